The zero-order valence-electron chi connectivity index (χ0n) is 16.7. The molecule has 0 aliphatic rings. The molecule has 32 heavy (non-hydrogen) atoms. The molecule has 2 aromatic carbocycles. The molecule has 0 fully saturated rings. The second-order valence-electron chi connectivity index (χ2n) is 6.87. The second-order valence-corrected chi connectivity index (χ2v) is 9.54. The zero-order chi connectivity index (χ0) is 23.3. The first-order chi connectivity index (χ1) is 15.3. The van der Waals surface area contributed by atoms with E-state index in [2.05, 4.69) is 35.1 Å². The maximum atomic E-state index is 12.3. The van der Waals surface area contributed by atoms with Gasteiger partial charge in [0.2, 0.25) is 0 Å². The van der Waals surface area contributed by atoms with Crippen molar-refractivity contribution in [3.8, 4) is 0 Å². The van der Waals surface area contributed by atoms with E-state index >= 15 is 0 Å². The standard InChI is InChI=1S/C20H18BrF2N2O6P/c1-29-19(26)15-5-2-13(3-6-15)8-17-10-24-20(27)25(17)11-14-4-7-16(18(21)9-14)12-32(28,30-22)31-23/h2-7,9-10H,8,11-12H2,1H3,(H,24,27). The van der Waals surface area contributed by atoms with Crippen molar-refractivity contribution in [3.05, 3.63) is 91.6 Å². The fraction of sp³-hybridized carbons (Fsp3) is 0.200. The summed E-state index contributed by atoms with van der Waals surface area (Å²) in [6.45, 7) is 0.216. The van der Waals surface area contributed by atoms with Gasteiger partial charge in [-0.3, -0.25) is 9.13 Å². The lowest BCUT2D eigenvalue weighted by atomic mass is 10.1. The molecule has 0 unspecified atom stereocenters. The number of carbonyl (C=O) groups excluding carboxylic acids is 1. The van der Waals surface area contributed by atoms with Crippen LogP contribution >= 0.6 is 23.5 Å². The van der Waals surface area contributed by atoms with Crippen LogP contribution in [-0.2, 0) is 37.9 Å². The molecule has 12 heteroatoms. The first kappa shape index (κ1) is 24.1. The lowest BCUT2D eigenvalue weighted by Crippen LogP contribution is -2.20. The van der Waals surface area contributed by atoms with E-state index in [1.807, 2.05) is 0 Å². The highest BCUT2D eigenvalue weighted by Crippen LogP contribution is 2.52. The molecule has 0 amide bonds. The van der Waals surface area contributed by atoms with Gasteiger partial charge < -0.3 is 9.72 Å². The van der Waals surface area contributed by atoms with Crippen molar-refractivity contribution in [2.75, 3.05) is 7.11 Å². The highest BCUT2D eigenvalue weighted by atomic mass is 79.9. The van der Waals surface area contributed by atoms with E-state index in [1.54, 1.807) is 42.6 Å². The van der Waals surface area contributed by atoms with E-state index in [0.717, 1.165) is 5.56 Å². The van der Waals surface area contributed by atoms with Gasteiger partial charge in [-0.15, -0.1) is 9.46 Å². The monoisotopic (exact) mass is 530 g/mol. The number of methoxy groups -OCH3 is 1. The molecule has 1 heterocycles. The van der Waals surface area contributed by atoms with Gasteiger partial charge in [0, 0.05) is 22.8 Å². The molecule has 3 aromatic rings. The summed E-state index contributed by atoms with van der Waals surface area (Å²) in [6.07, 6.45) is 1.43. The summed E-state index contributed by atoms with van der Waals surface area (Å²) in [5.41, 5.74) is 2.72. The van der Waals surface area contributed by atoms with Gasteiger partial charge in [0.05, 0.1) is 25.4 Å². The number of hydrogen-bond donors (Lipinski definition) is 1. The smallest absolute Gasteiger partial charge is 0.399 e. The Labute approximate surface area is 189 Å². The average Bonchev–Trinajstić information content (AvgIpc) is 3.14. The van der Waals surface area contributed by atoms with Crippen molar-refractivity contribution in [2.24, 2.45) is 0 Å². The molecule has 1 N–H and O–H groups in total. The fourth-order valence-corrected chi connectivity index (χ4v) is 4.70. The molecule has 0 saturated heterocycles. The Balaban J connectivity index is 1.78. The molecule has 1 aromatic heterocycles. The number of H-pyrrole nitrogens is 1. The molecular formula is C20H18BrF2N2O6P. The van der Waals surface area contributed by atoms with Crippen molar-refractivity contribution in [1.82, 2.24) is 9.55 Å². The number of nitrogens with zero attached hydrogens (tertiary/aromatic N) is 1. The molecule has 0 atom stereocenters. The number of imidazole rings is 1. The fourth-order valence-electron chi connectivity index (χ4n) is 3.10. The first-order valence-electron chi connectivity index (χ1n) is 9.20. The Kier molecular flexibility index (Phi) is 7.78. The molecule has 8 nitrogen and oxygen atoms in total. The van der Waals surface area contributed by atoms with Crippen LogP contribution in [0.15, 0.2) is 57.9 Å². The topological polar surface area (TPSA) is 99.6 Å². The SMILES string of the molecule is COC(=O)c1ccc(Cc2c[nH]c(=O)n2Cc2ccc(CP(=O)(OF)OF)c(Br)c2)cc1. The second kappa shape index (κ2) is 10.4. The van der Waals surface area contributed by atoms with Crippen LogP contribution in [0.25, 0.3) is 0 Å². The number of benzene rings is 2. The highest BCUT2D eigenvalue weighted by molar-refractivity contribution is 9.10. The molecule has 0 aliphatic heterocycles. The minimum Gasteiger partial charge on any atom is -0.465 e. The van der Waals surface area contributed by atoms with Crippen LogP contribution in [-0.4, -0.2) is 22.6 Å². The van der Waals surface area contributed by atoms with Crippen LogP contribution in [0.3, 0.4) is 0 Å². The Morgan fingerprint density at radius 3 is 2.38 bits per heavy atom. The molecule has 0 bridgehead atoms. The van der Waals surface area contributed by atoms with Crippen molar-refractivity contribution in [2.45, 2.75) is 19.1 Å². The molecule has 0 aliphatic carbocycles. The number of ether oxygens (including phenoxy) is 1. The number of carbonyl (C=O) groups is 1. The van der Waals surface area contributed by atoms with E-state index in [4.69, 9.17) is 0 Å². The number of aromatic amines is 1. The number of rotatable bonds is 9. The highest BCUT2D eigenvalue weighted by Gasteiger charge is 2.29. The zero-order valence-corrected chi connectivity index (χ0v) is 19.2. The summed E-state index contributed by atoms with van der Waals surface area (Å²) in [5.74, 6) is -0.434. The Bertz CT molecular complexity index is 1200. The Morgan fingerprint density at radius 2 is 1.78 bits per heavy atom. The predicted molar refractivity (Wildman–Crippen MR) is 115 cm³/mol. The van der Waals surface area contributed by atoms with Crippen LogP contribution in [0.2, 0.25) is 0 Å². The van der Waals surface area contributed by atoms with Gasteiger partial charge in [-0.05, 0) is 43.9 Å². The van der Waals surface area contributed by atoms with Crippen LogP contribution < -0.4 is 5.69 Å². The minimum atomic E-state index is -4.52. The maximum absolute atomic E-state index is 12.3. The minimum absolute atomic E-state index is 0.216. The Morgan fingerprint density at radius 1 is 1.12 bits per heavy atom. The summed E-state index contributed by atoms with van der Waals surface area (Å²) in [7, 11) is -3.21. The molecule has 0 radical (unpaired) electrons. The molecular weight excluding hydrogens is 513 g/mol. The van der Waals surface area contributed by atoms with E-state index in [9.17, 15) is 23.2 Å². The predicted octanol–water partition coefficient (Wildman–Crippen LogP) is 4.86. The van der Waals surface area contributed by atoms with Crippen LogP contribution in [0.4, 0.5) is 9.05 Å². The van der Waals surface area contributed by atoms with E-state index in [0.29, 0.717) is 33.3 Å². The van der Waals surface area contributed by atoms with Crippen molar-refractivity contribution in [1.29, 1.82) is 0 Å². The van der Waals surface area contributed by atoms with E-state index in [1.165, 1.54) is 17.7 Å². The van der Waals surface area contributed by atoms with Gasteiger partial charge in [0.15, 0.2) is 0 Å². The van der Waals surface area contributed by atoms with Crippen molar-refractivity contribution in [3.63, 3.8) is 0 Å². The van der Waals surface area contributed by atoms with E-state index < -0.39 is 19.7 Å². The van der Waals surface area contributed by atoms with Gasteiger partial charge in [-0.1, -0.05) is 40.2 Å². The average molecular weight is 531 g/mol. The summed E-state index contributed by atoms with van der Waals surface area (Å²) in [5, 5.41) is 0. The molecule has 0 saturated carbocycles. The third kappa shape index (κ3) is 5.60. The van der Waals surface area contributed by atoms with Crippen LogP contribution in [0.5, 0.6) is 0 Å². The van der Waals surface area contributed by atoms with Gasteiger partial charge in [0.25, 0.3) is 0 Å². The Hall–Kier alpha value is -2.59. The summed E-state index contributed by atoms with van der Waals surface area (Å²) in [4.78, 5) is 26.5. The lowest BCUT2D eigenvalue weighted by molar-refractivity contribution is -0.0881. The van der Waals surface area contributed by atoms with Crippen molar-refractivity contribution >= 4 is 29.5 Å². The largest absolute Gasteiger partial charge is 0.465 e. The number of nitrogens with one attached hydrogen (secondary N) is 1. The quantitative estimate of drug-likeness (QED) is 0.313. The molecule has 170 valence electrons. The normalized spacial score (nSPS) is 11.5. The van der Waals surface area contributed by atoms with Crippen LogP contribution in [0.1, 0.15) is 32.7 Å². The van der Waals surface area contributed by atoms with Crippen LogP contribution in [0, 0.1) is 0 Å². The summed E-state index contributed by atoms with van der Waals surface area (Å²) < 4.78 is 49.2. The third-order valence-corrected chi connectivity index (χ3v) is 6.63. The maximum Gasteiger partial charge on any atom is 0.399 e. The van der Waals surface area contributed by atoms with Crippen molar-refractivity contribution < 1.29 is 32.6 Å². The number of halogens is 3. The number of esters is 1. The first-order valence-corrected chi connectivity index (χ1v) is 11.7. The third-order valence-electron chi connectivity index (χ3n) is 4.75. The van der Waals surface area contributed by atoms with Gasteiger partial charge in [0.1, 0.15) is 0 Å². The molecule has 0 spiro atoms. The van der Waals surface area contributed by atoms with Gasteiger partial charge >= 0.3 is 19.3 Å². The lowest BCUT2D eigenvalue weighted by Gasteiger charge is -2.12. The summed E-state index contributed by atoms with van der Waals surface area (Å²) >= 11 is 3.27. The van der Waals surface area contributed by atoms with Gasteiger partial charge in [-0.2, -0.15) is 0 Å². The number of aromatic nitrogens is 2. The molecule has 3 rings (SSSR count). The van der Waals surface area contributed by atoms with E-state index in [-0.39, 0.29) is 12.2 Å². The van der Waals surface area contributed by atoms with Gasteiger partial charge in [-0.25, -0.2) is 9.59 Å². The summed E-state index contributed by atoms with van der Waals surface area (Å²) in [6, 6.07) is 11.6. The number of hydrogen-bond acceptors (Lipinski definition) is 6.